The van der Waals surface area contributed by atoms with Gasteiger partial charge < -0.3 is 11.1 Å². The second kappa shape index (κ2) is 7.55. The number of benzene rings is 2. The van der Waals surface area contributed by atoms with Crippen LogP contribution in [0.2, 0.25) is 0 Å². The van der Waals surface area contributed by atoms with E-state index in [-0.39, 0.29) is 17.2 Å². The van der Waals surface area contributed by atoms with E-state index in [2.05, 4.69) is 15.3 Å². The van der Waals surface area contributed by atoms with Crippen molar-refractivity contribution in [3.05, 3.63) is 83.9 Å². The summed E-state index contributed by atoms with van der Waals surface area (Å²) in [4.78, 5) is 33.5. The van der Waals surface area contributed by atoms with Gasteiger partial charge in [-0.25, -0.2) is 9.97 Å². The first kappa shape index (κ1) is 18.4. The van der Waals surface area contributed by atoms with Crippen molar-refractivity contribution < 1.29 is 9.59 Å². The Hall–Kier alpha value is -4.00. The van der Waals surface area contributed by atoms with Gasteiger partial charge in [-0.2, -0.15) is 0 Å². The van der Waals surface area contributed by atoms with Crippen molar-refractivity contribution in [3.8, 4) is 11.3 Å². The number of nitrogens with one attached hydrogen (secondary N) is 1. The quantitative estimate of drug-likeness (QED) is 0.550. The number of aryl methyl sites for hydroxylation is 1. The number of para-hydroxylation sites is 1. The number of nitrogens with zero attached hydrogens (tertiary/aromatic N) is 3. The predicted octanol–water partition coefficient (Wildman–Crippen LogP) is 3.31. The maximum absolute atomic E-state index is 13.2. The number of carbonyl (C=O) groups is 2. The van der Waals surface area contributed by atoms with Crippen LogP contribution in [0.5, 0.6) is 0 Å². The Morgan fingerprint density at radius 3 is 2.52 bits per heavy atom. The third-order valence-corrected chi connectivity index (χ3v) is 4.68. The van der Waals surface area contributed by atoms with Crippen LogP contribution in [0.3, 0.4) is 0 Å². The number of carbonyl (C=O) groups excluding carboxylic acids is 2. The lowest BCUT2D eigenvalue weighted by Crippen LogP contribution is -2.18. The van der Waals surface area contributed by atoms with Crippen molar-refractivity contribution in [2.45, 2.75) is 13.3 Å². The smallest absolute Gasteiger partial charge is 0.272 e. The number of imidazole rings is 1. The summed E-state index contributed by atoms with van der Waals surface area (Å²) in [6.45, 7) is 2.03. The molecule has 0 aliphatic rings. The van der Waals surface area contributed by atoms with Gasteiger partial charge in [0, 0.05) is 11.3 Å². The van der Waals surface area contributed by atoms with E-state index in [0.717, 1.165) is 23.2 Å². The Balaban J connectivity index is 1.86. The SMILES string of the molecule is CCc1ccccc1NC(=O)c1cc(-c2ccccc2)nc2c(C(N)=O)ncn12. The summed E-state index contributed by atoms with van der Waals surface area (Å²) in [6.07, 6.45) is 2.17. The fraction of sp³-hybridized carbons (Fsp3) is 0.0909. The first-order valence-electron chi connectivity index (χ1n) is 9.21. The number of anilines is 1. The molecule has 3 N–H and O–H groups in total. The van der Waals surface area contributed by atoms with Gasteiger partial charge in [0.1, 0.15) is 12.0 Å². The van der Waals surface area contributed by atoms with Gasteiger partial charge in [-0.1, -0.05) is 55.5 Å². The number of amides is 2. The summed E-state index contributed by atoms with van der Waals surface area (Å²) in [5.41, 5.74) is 9.14. The van der Waals surface area contributed by atoms with Gasteiger partial charge in [0.2, 0.25) is 0 Å². The first-order chi connectivity index (χ1) is 14.1. The first-order valence-corrected chi connectivity index (χ1v) is 9.21. The van der Waals surface area contributed by atoms with Gasteiger partial charge in [0.05, 0.1) is 5.69 Å². The number of rotatable bonds is 5. The van der Waals surface area contributed by atoms with E-state index in [1.165, 1.54) is 10.7 Å². The summed E-state index contributed by atoms with van der Waals surface area (Å²) < 4.78 is 1.48. The summed E-state index contributed by atoms with van der Waals surface area (Å²) in [5, 5.41) is 2.96. The number of aromatic nitrogens is 3. The van der Waals surface area contributed by atoms with Gasteiger partial charge in [-0.3, -0.25) is 14.0 Å². The van der Waals surface area contributed by atoms with Crippen molar-refractivity contribution in [1.29, 1.82) is 0 Å². The van der Waals surface area contributed by atoms with Crippen LogP contribution < -0.4 is 11.1 Å². The van der Waals surface area contributed by atoms with Crippen LogP contribution in [-0.4, -0.2) is 26.2 Å². The van der Waals surface area contributed by atoms with Crippen LogP contribution >= 0.6 is 0 Å². The molecular formula is C22H19N5O2. The molecule has 0 unspecified atom stereocenters. The Morgan fingerprint density at radius 1 is 1.07 bits per heavy atom. The fourth-order valence-electron chi connectivity index (χ4n) is 3.21. The molecule has 0 spiro atoms. The summed E-state index contributed by atoms with van der Waals surface area (Å²) >= 11 is 0. The van der Waals surface area contributed by atoms with Gasteiger partial charge >= 0.3 is 0 Å². The van der Waals surface area contributed by atoms with E-state index in [9.17, 15) is 9.59 Å². The van der Waals surface area contributed by atoms with E-state index in [4.69, 9.17) is 5.73 Å². The highest BCUT2D eigenvalue weighted by Crippen LogP contribution is 2.23. The van der Waals surface area contributed by atoms with Crippen LogP contribution in [0, 0.1) is 0 Å². The highest BCUT2D eigenvalue weighted by Gasteiger charge is 2.20. The molecule has 0 saturated carbocycles. The zero-order valence-corrected chi connectivity index (χ0v) is 15.8. The van der Waals surface area contributed by atoms with E-state index in [1.54, 1.807) is 6.07 Å². The number of hydrogen-bond acceptors (Lipinski definition) is 4. The molecule has 7 nitrogen and oxygen atoms in total. The van der Waals surface area contributed by atoms with Crippen LogP contribution in [0.25, 0.3) is 16.9 Å². The monoisotopic (exact) mass is 385 g/mol. The normalized spacial score (nSPS) is 10.8. The maximum Gasteiger partial charge on any atom is 0.272 e. The van der Waals surface area contributed by atoms with E-state index >= 15 is 0 Å². The Morgan fingerprint density at radius 2 is 1.79 bits per heavy atom. The van der Waals surface area contributed by atoms with Crippen molar-refractivity contribution in [1.82, 2.24) is 14.4 Å². The molecule has 0 aliphatic carbocycles. The van der Waals surface area contributed by atoms with E-state index in [0.29, 0.717) is 11.4 Å². The Bertz CT molecular complexity index is 1210. The van der Waals surface area contributed by atoms with Crippen molar-refractivity contribution in [3.63, 3.8) is 0 Å². The highest BCUT2D eigenvalue weighted by molar-refractivity contribution is 6.05. The molecule has 0 fully saturated rings. The average molecular weight is 385 g/mol. The molecule has 2 heterocycles. The van der Waals surface area contributed by atoms with E-state index < -0.39 is 5.91 Å². The molecule has 4 aromatic rings. The number of hydrogen-bond donors (Lipinski definition) is 2. The number of fused-ring (bicyclic) bond motifs is 1. The lowest BCUT2D eigenvalue weighted by molar-refractivity contribution is 0.0993. The molecule has 0 atom stereocenters. The van der Waals surface area contributed by atoms with Gasteiger partial charge in [-0.05, 0) is 24.1 Å². The standard InChI is InChI=1S/C22H19N5O2/c1-2-14-8-6-7-11-16(14)26-22(29)18-12-17(15-9-4-3-5-10-15)25-21-19(20(23)28)24-13-27(18)21/h3-13H,2H2,1H3,(H2,23,28)(H,26,29). The molecule has 144 valence electrons. The fourth-order valence-corrected chi connectivity index (χ4v) is 3.21. The largest absolute Gasteiger partial charge is 0.364 e. The Labute approximate surface area is 167 Å². The zero-order chi connectivity index (χ0) is 20.4. The molecule has 2 aromatic heterocycles. The molecule has 29 heavy (non-hydrogen) atoms. The minimum atomic E-state index is -0.701. The summed E-state index contributed by atoms with van der Waals surface area (Å²) in [5.74, 6) is -1.03. The van der Waals surface area contributed by atoms with E-state index in [1.807, 2.05) is 61.5 Å². The molecule has 0 radical (unpaired) electrons. The second-order valence-corrected chi connectivity index (χ2v) is 6.51. The molecule has 0 aliphatic heterocycles. The molecule has 2 aromatic carbocycles. The van der Waals surface area contributed by atoms with Crippen LogP contribution in [0.15, 0.2) is 67.0 Å². The third-order valence-electron chi connectivity index (χ3n) is 4.68. The summed E-state index contributed by atoms with van der Waals surface area (Å²) in [7, 11) is 0. The van der Waals surface area contributed by atoms with Crippen molar-refractivity contribution >= 4 is 23.1 Å². The lowest BCUT2D eigenvalue weighted by Gasteiger charge is -2.12. The molecule has 2 amide bonds. The molecule has 4 rings (SSSR count). The molecule has 0 saturated heterocycles. The summed E-state index contributed by atoms with van der Waals surface area (Å²) in [6, 6.07) is 18.7. The van der Waals surface area contributed by atoms with Gasteiger partial charge in [0.25, 0.3) is 11.8 Å². The van der Waals surface area contributed by atoms with Crippen LogP contribution in [-0.2, 0) is 6.42 Å². The number of nitrogens with two attached hydrogens (primary N) is 1. The van der Waals surface area contributed by atoms with Crippen molar-refractivity contribution in [2.24, 2.45) is 5.73 Å². The predicted molar refractivity (Wildman–Crippen MR) is 111 cm³/mol. The maximum atomic E-state index is 13.2. The van der Waals surface area contributed by atoms with Crippen LogP contribution in [0.1, 0.15) is 33.5 Å². The zero-order valence-electron chi connectivity index (χ0n) is 15.8. The Kier molecular flexibility index (Phi) is 4.78. The lowest BCUT2D eigenvalue weighted by atomic mass is 10.1. The van der Waals surface area contributed by atoms with Gasteiger partial charge in [-0.15, -0.1) is 0 Å². The topological polar surface area (TPSA) is 102 Å². The second-order valence-electron chi connectivity index (χ2n) is 6.51. The number of primary amides is 1. The highest BCUT2D eigenvalue weighted by atomic mass is 16.2. The molecular weight excluding hydrogens is 366 g/mol. The molecule has 0 bridgehead atoms. The average Bonchev–Trinajstić information content (AvgIpc) is 3.18. The molecule has 7 heteroatoms. The van der Waals surface area contributed by atoms with Gasteiger partial charge in [0.15, 0.2) is 11.3 Å². The minimum Gasteiger partial charge on any atom is -0.364 e. The minimum absolute atomic E-state index is 0.0192. The van der Waals surface area contributed by atoms with Crippen LogP contribution in [0.4, 0.5) is 5.69 Å². The van der Waals surface area contributed by atoms with Crippen molar-refractivity contribution in [2.75, 3.05) is 5.32 Å². The third kappa shape index (κ3) is 3.45.